The first-order chi connectivity index (χ1) is 11.0. The van der Waals surface area contributed by atoms with Crippen molar-refractivity contribution < 1.29 is 8.42 Å². The van der Waals surface area contributed by atoms with Gasteiger partial charge in [0.1, 0.15) is 4.21 Å². The molecule has 3 rings (SSSR count). The number of anilines is 1. The van der Waals surface area contributed by atoms with Crippen LogP contribution in [0.1, 0.15) is 11.1 Å². The van der Waals surface area contributed by atoms with Crippen LogP contribution >= 0.6 is 27.3 Å². The van der Waals surface area contributed by atoms with Crippen LogP contribution in [-0.2, 0) is 16.4 Å². The van der Waals surface area contributed by atoms with Crippen molar-refractivity contribution in [2.45, 2.75) is 10.6 Å². The highest BCUT2D eigenvalue weighted by atomic mass is 79.9. The fourth-order valence-corrected chi connectivity index (χ4v) is 5.24. The molecule has 6 heteroatoms. The summed E-state index contributed by atoms with van der Waals surface area (Å²) in [6.45, 7) is 0. The van der Waals surface area contributed by atoms with E-state index < -0.39 is 10.0 Å². The molecule has 0 spiro atoms. The number of benzene rings is 2. The van der Waals surface area contributed by atoms with Crippen LogP contribution in [0.5, 0.6) is 0 Å². The molecule has 23 heavy (non-hydrogen) atoms. The van der Waals surface area contributed by atoms with Crippen LogP contribution in [0, 0.1) is 0 Å². The molecule has 0 aliphatic carbocycles. The Labute approximate surface area is 148 Å². The van der Waals surface area contributed by atoms with Crippen LogP contribution in [0.25, 0.3) is 0 Å². The van der Waals surface area contributed by atoms with Crippen LogP contribution in [0.15, 0.2) is 74.7 Å². The quantitative estimate of drug-likeness (QED) is 0.653. The second kappa shape index (κ2) is 6.86. The van der Waals surface area contributed by atoms with E-state index in [-0.39, 0.29) is 4.21 Å². The van der Waals surface area contributed by atoms with E-state index in [1.165, 1.54) is 16.9 Å². The van der Waals surface area contributed by atoms with Crippen LogP contribution in [0.3, 0.4) is 0 Å². The van der Waals surface area contributed by atoms with Gasteiger partial charge in [0, 0.05) is 5.69 Å². The summed E-state index contributed by atoms with van der Waals surface area (Å²) in [5, 5.41) is 0. The van der Waals surface area contributed by atoms with Gasteiger partial charge in [0.05, 0.1) is 3.79 Å². The summed E-state index contributed by atoms with van der Waals surface area (Å²) >= 11 is 4.46. The monoisotopic (exact) mass is 407 g/mol. The van der Waals surface area contributed by atoms with Gasteiger partial charge in [-0.15, -0.1) is 11.3 Å². The van der Waals surface area contributed by atoms with Crippen molar-refractivity contribution in [3.8, 4) is 0 Å². The number of hydrogen-bond donors (Lipinski definition) is 1. The normalized spacial score (nSPS) is 11.3. The molecule has 0 bridgehead atoms. The maximum atomic E-state index is 12.3. The first-order valence-corrected chi connectivity index (χ1v) is 10.0. The van der Waals surface area contributed by atoms with Gasteiger partial charge in [-0.1, -0.05) is 42.5 Å². The summed E-state index contributed by atoms with van der Waals surface area (Å²) in [5.74, 6) is 0. The molecular weight excluding hydrogens is 394 g/mol. The Bertz CT molecular complexity index is 888. The van der Waals surface area contributed by atoms with Crippen molar-refractivity contribution in [1.82, 2.24) is 0 Å². The Hall–Kier alpha value is -1.63. The molecule has 0 unspecified atom stereocenters. The minimum absolute atomic E-state index is 0.290. The van der Waals surface area contributed by atoms with Crippen molar-refractivity contribution in [2.24, 2.45) is 0 Å². The average molecular weight is 408 g/mol. The third-order valence-electron chi connectivity index (χ3n) is 3.27. The van der Waals surface area contributed by atoms with E-state index in [1.54, 1.807) is 24.3 Å². The summed E-state index contributed by atoms with van der Waals surface area (Å²) in [4.78, 5) is 0. The van der Waals surface area contributed by atoms with Crippen molar-refractivity contribution in [2.75, 3.05) is 4.72 Å². The fourth-order valence-electron chi connectivity index (χ4n) is 2.17. The summed E-state index contributed by atoms with van der Waals surface area (Å²) in [7, 11) is -3.53. The number of nitrogens with one attached hydrogen (secondary N) is 1. The van der Waals surface area contributed by atoms with Crippen LogP contribution in [0.4, 0.5) is 5.69 Å². The van der Waals surface area contributed by atoms with Gasteiger partial charge in [-0.2, -0.15) is 0 Å². The molecule has 1 aromatic heterocycles. The van der Waals surface area contributed by atoms with E-state index in [1.807, 2.05) is 30.3 Å². The number of hydrogen-bond acceptors (Lipinski definition) is 3. The van der Waals surface area contributed by atoms with Gasteiger partial charge in [-0.3, -0.25) is 4.72 Å². The molecule has 3 nitrogen and oxygen atoms in total. The minimum Gasteiger partial charge on any atom is -0.279 e. The Morgan fingerprint density at radius 2 is 1.52 bits per heavy atom. The lowest BCUT2D eigenvalue weighted by Gasteiger charge is -2.07. The Morgan fingerprint density at radius 3 is 2.13 bits per heavy atom. The van der Waals surface area contributed by atoms with Crippen LogP contribution < -0.4 is 4.72 Å². The van der Waals surface area contributed by atoms with Crippen LogP contribution in [0.2, 0.25) is 0 Å². The van der Waals surface area contributed by atoms with E-state index >= 15 is 0 Å². The summed E-state index contributed by atoms with van der Waals surface area (Å²) in [6.07, 6.45) is 0.825. The van der Waals surface area contributed by atoms with Gasteiger partial charge in [0.2, 0.25) is 0 Å². The molecule has 2 aromatic carbocycles. The zero-order valence-corrected chi connectivity index (χ0v) is 15.3. The smallest absolute Gasteiger partial charge is 0.271 e. The molecule has 0 aliphatic heterocycles. The zero-order chi connectivity index (χ0) is 16.3. The Kier molecular flexibility index (Phi) is 4.84. The predicted molar refractivity (Wildman–Crippen MR) is 98.5 cm³/mol. The van der Waals surface area contributed by atoms with E-state index in [4.69, 9.17) is 0 Å². The number of thiophene rings is 1. The second-order valence-electron chi connectivity index (χ2n) is 5.02. The Balaban J connectivity index is 1.72. The SMILES string of the molecule is O=S(=O)(Nc1ccc(Cc2ccccc2)cc1)c1ccc(Br)s1. The maximum Gasteiger partial charge on any atom is 0.271 e. The summed E-state index contributed by atoms with van der Waals surface area (Å²) < 4.78 is 28.2. The third-order valence-corrected chi connectivity index (χ3v) is 6.77. The van der Waals surface area contributed by atoms with Gasteiger partial charge >= 0.3 is 0 Å². The molecule has 0 fully saturated rings. The molecule has 0 amide bonds. The first kappa shape index (κ1) is 16.2. The molecule has 118 valence electrons. The highest BCUT2D eigenvalue weighted by Gasteiger charge is 2.16. The van der Waals surface area contributed by atoms with E-state index in [2.05, 4.69) is 32.8 Å². The van der Waals surface area contributed by atoms with Crippen molar-refractivity contribution >= 4 is 43.0 Å². The molecule has 0 saturated heterocycles. The maximum absolute atomic E-state index is 12.3. The molecular formula is C17H14BrNO2S2. The van der Waals surface area contributed by atoms with Gasteiger partial charge in [0.15, 0.2) is 0 Å². The van der Waals surface area contributed by atoms with Gasteiger partial charge in [-0.25, -0.2) is 8.42 Å². The largest absolute Gasteiger partial charge is 0.279 e. The van der Waals surface area contributed by atoms with E-state index in [9.17, 15) is 8.42 Å². The van der Waals surface area contributed by atoms with Gasteiger partial charge in [-0.05, 0) is 57.7 Å². The lowest BCUT2D eigenvalue weighted by molar-refractivity contribution is 0.603. The summed E-state index contributed by atoms with van der Waals surface area (Å²) in [6, 6.07) is 20.9. The first-order valence-electron chi connectivity index (χ1n) is 6.94. The number of sulfonamides is 1. The molecule has 0 aliphatic rings. The Morgan fingerprint density at radius 1 is 0.870 bits per heavy atom. The fraction of sp³-hybridized carbons (Fsp3) is 0.0588. The van der Waals surface area contributed by atoms with Crippen molar-refractivity contribution in [1.29, 1.82) is 0 Å². The minimum atomic E-state index is -3.53. The molecule has 0 atom stereocenters. The summed E-state index contributed by atoms with van der Waals surface area (Å²) in [5.41, 5.74) is 2.92. The average Bonchev–Trinajstić information content (AvgIpc) is 2.98. The predicted octanol–water partition coefficient (Wildman–Crippen LogP) is 4.90. The molecule has 0 saturated carbocycles. The topological polar surface area (TPSA) is 46.2 Å². The van der Waals surface area contributed by atoms with Gasteiger partial charge < -0.3 is 0 Å². The second-order valence-corrected chi connectivity index (χ2v) is 9.40. The third kappa shape index (κ3) is 4.22. The molecule has 1 heterocycles. The number of rotatable bonds is 5. The zero-order valence-electron chi connectivity index (χ0n) is 12.1. The lowest BCUT2D eigenvalue weighted by atomic mass is 10.1. The van der Waals surface area contributed by atoms with Crippen molar-refractivity contribution in [3.05, 3.63) is 81.6 Å². The highest BCUT2D eigenvalue weighted by Crippen LogP contribution is 2.27. The standard InChI is InChI=1S/C17H14BrNO2S2/c18-16-10-11-17(22-16)23(20,21)19-15-8-6-14(7-9-15)12-13-4-2-1-3-5-13/h1-11,19H,12H2. The van der Waals surface area contributed by atoms with Gasteiger partial charge in [0.25, 0.3) is 10.0 Å². The van der Waals surface area contributed by atoms with Crippen molar-refractivity contribution in [3.63, 3.8) is 0 Å². The van der Waals surface area contributed by atoms with E-state index in [0.29, 0.717) is 5.69 Å². The highest BCUT2D eigenvalue weighted by molar-refractivity contribution is 9.11. The number of halogens is 1. The van der Waals surface area contributed by atoms with Crippen LogP contribution in [-0.4, -0.2) is 8.42 Å². The molecule has 3 aromatic rings. The molecule has 0 radical (unpaired) electrons. The lowest BCUT2D eigenvalue weighted by Crippen LogP contribution is -2.11. The molecule has 1 N–H and O–H groups in total. The van der Waals surface area contributed by atoms with E-state index in [0.717, 1.165) is 15.8 Å².